The summed E-state index contributed by atoms with van der Waals surface area (Å²) in [7, 11) is 0. The molecule has 0 aliphatic carbocycles. The molecular formula is C12H24N2OS. The molecule has 0 aliphatic heterocycles. The predicted octanol–water partition coefficient (Wildman–Crippen LogP) is 1.80. The standard InChI is InChI=1S/C12H24N2OS/c1-4-6-7-14-12(15)11(3)13-8-10-16-9-5-2/h5,11,13H,2,4,6-10H2,1,3H3,(H,14,15). The number of thioether (sulfide) groups is 1. The molecule has 0 spiro atoms. The lowest BCUT2D eigenvalue weighted by molar-refractivity contribution is -0.122. The van der Waals surface area contributed by atoms with E-state index in [1.165, 1.54) is 0 Å². The van der Waals surface area contributed by atoms with Gasteiger partial charge < -0.3 is 10.6 Å². The molecule has 0 saturated carbocycles. The summed E-state index contributed by atoms with van der Waals surface area (Å²) in [6.07, 6.45) is 4.06. The minimum Gasteiger partial charge on any atom is -0.355 e. The molecule has 1 unspecified atom stereocenters. The van der Waals surface area contributed by atoms with Gasteiger partial charge in [0, 0.05) is 24.6 Å². The van der Waals surface area contributed by atoms with Crippen LogP contribution in [0.25, 0.3) is 0 Å². The van der Waals surface area contributed by atoms with Crippen molar-refractivity contribution in [2.75, 3.05) is 24.6 Å². The van der Waals surface area contributed by atoms with E-state index in [4.69, 9.17) is 0 Å². The van der Waals surface area contributed by atoms with Crippen molar-refractivity contribution in [3.63, 3.8) is 0 Å². The second-order valence-electron chi connectivity index (χ2n) is 3.68. The van der Waals surface area contributed by atoms with Gasteiger partial charge in [0.1, 0.15) is 0 Å². The first-order valence-electron chi connectivity index (χ1n) is 5.92. The Hall–Kier alpha value is -0.480. The van der Waals surface area contributed by atoms with Gasteiger partial charge in [-0.05, 0) is 13.3 Å². The van der Waals surface area contributed by atoms with Crippen molar-refractivity contribution in [3.8, 4) is 0 Å². The predicted molar refractivity (Wildman–Crippen MR) is 72.9 cm³/mol. The smallest absolute Gasteiger partial charge is 0.236 e. The van der Waals surface area contributed by atoms with Gasteiger partial charge in [-0.1, -0.05) is 19.4 Å². The molecule has 4 heteroatoms. The van der Waals surface area contributed by atoms with Crippen LogP contribution in [0.4, 0.5) is 0 Å². The number of rotatable bonds is 10. The summed E-state index contributed by atoms with van der Waals surface area (Å²) in [6, 6.07) is -0.0961. The maximum absolute atomic E-state index is 11.5. The molecule has 0 aromatic carbocycles. The SMILES string of the molecule is C=CCSCCNC(C)C(=O)NCCCC. The van der Waals surface area contributed by atoms with Crippen molar-refractivity contribution in [1.82, 2.24) is 10.6 Å². The van der Waals surface area contributed by atoms with Gasteiger partial charge in [-0.2, -0.15) is 11.8 Å². The Morgan fingerprint density at radius 2 is 2.25 bits per heavy atom. The fourth-order valence-electron chi connectivity index (χ4n) is 1.15. The Kier molecular flexibility index (Phi) is 10.7. The average molecular weight is 244 g/mol. The van der Waals surface area contributed by atoms with E-state index in [1.807, 2.05) is 24.8 Å². The van der Waals surface area contributed by atoms with Crippen molar-refractivity contribution >= 4 is 17.7 Å². The van der Waals surface area contributed by atoms with Gasteiger partial charge in [-0.25, -0.2) is 0 Å². The van der Waals surface area contributed by atoms with Crippen molar-refractivity contribution in [1.29, 1.82) is 0 Å². The Balaban J connectivity index is 3.43. The van der Waals surface area contributed by atoms with Gasteiger partial charge in [0.05, 0.1) is 6.04 Å². The van der Waals surface area contributed by atoms with Gasteiger partial charge in [-0.3, -0.25) is 4.79 Å². The van der Waals surface area contributed by atoms with Crippen molar-refractivity contribution < 1.29 is 4.79 Å². The molecule has 0 fully saturated rings. The summed E-state index contributed by atoms with van der Waals surface area (Å²) in [6.45, 7) is 9.32. The molecule has 1 amide bonds. The molecule has 94 valence electrons. The highest BCUT2D eigenvalue weighted by molar-refractivity contribution is 7.99. The third-order valence-corrected chi connectivity index (χ3v) is 3.12. The Bertz CT molecular complexity index is 197. The molecule has 3 nitrogen and oxygen atoms in total. The molecule has 1 atom stereocenters. The fourth-order valence-corrected chi connectivity index (χ4v) is 1.74. The highest BCUT2D eigenvalue weighted by Crippen LogP contribution is 1.97. The highest BCUT2D eigenvalue weighted by Gasteiger charge is 2.10. The number of amides is 1. The number of hydrogen-bond acceptors (Lipinski definition) is 3. The van der Waals surface area contributed by atoms with E-state index in [0.717, 1.165) is 37.4 Å². The maximum atomic E-state index is 11.5. The second kappa shape index (κ2) is 11.0. The molecule has 0 heterocycles. The second-order valence-corrected chi connectivity index (χ2v) is 4.83. The first-order chi connectivity index (χ1) is 7.72. The zero-order valence-electron chi connectivity index (χ0n) is 10.4. The number of carbonyl (C=O) groups excluding carboxylic acids is 1. The van der Waals surface area contributed by atoms with Gasteiger partial charge >= 0.3 is 0 Å². The van der Waals surface area contributed by atoms with Gasteiger partial charge in [0.2, 0.25) is 5.91 Å². The Labute approximate surface area is 103 Å². The Morgan fingerprint density at radius 3 is 2.88 bits per heavy atom. The summed E-state index contributed by atoms with van der Waals surface area (Å²) in [5.74, 6) is 2.08. The zero-order valence-corrected chi connectivity index (χ0v) is 11.2. The van der Waals surface area contributed by atoms with Crippen LogP contribution in [0.3, 0.4) is 0 Å². The van der Waals surface area contributed by atoms with E-state index in [9.17, 15) is 4.79 Å². The lowest BCUT2D eigenvalue weighted by atomic mass is 10.3. The number of hydrogen-bond donors (Lipinski definition) is 2. The van der Waals surface area contributed by atoms with Crippen molar-refractivity contribution in [2.45, 2.75) is 32.7 Å². The third kappa shape index (κ3) is 8.80. The average Bonchev–Trinajstić information content (AvgIpc) is 2.28. The van der Waals surface area contributed by atoms with Crippen LogP contribution >= 0.6 is 11.8 Å². The molecular weight excluding hydrogens is 220 g/mol. The van der Waals surface area contributed by atoms with Gasteiger partial charge in [-0.15, -0.1) is 6.58 Å². The maximum Gasteiger partial charge on any atom is 0.236 e. The molecule has 0 radical (unpaired) electrons. The number of unbranched alkanes of at least 4 members (excludes halogenated alkanes) is 1. The molecule has 16 heavy (non-hydrogen) atoms. The van der Waals surface area contributed by atoms with Crippen LogP contribution in [0, 0.1) is 0 Å². The monoisotopic (exact) mass is 244 g/mol. The first-order valence-corrected chi connectivity index (χ1v) is 7.07. The normalized spacial score (nSPS) is 12.1. The van der Waals surface area contributed by atoms with Gasteiger partial charge in [0.15, 0.2) is 0 Å². The number of nitrogens with one attached hydrogen (secondary N) is 2. The van der Waals surface area contributed by atoms with Crippen LogP contribution in [0.2, 0.25) is 0 Å². The summed E-state index contributed by atoms with van der Waals surface area (Å²) in [4.78, 5) is 11.5. The van der Waals surface area contributed by atoms with Crippen LogP contribution < -0.4 is 10.6 Å². The minimum absolute atomic E-state index is 0.0961. The van der Waals surface area contributed by atoms with Crippen LogP contribution in [0.15, 0.2) is 12.7 Å². The highest BCUT2D eigenvalue weighted by atomic mass is 32.2. The molecule has 2 N–H and O–H groups in total. The fraction of sp³-hybridized carbons (Fsp3) is 0.750. The van der Waals surface area contributed by atoms with Crippen molar-refractivity contribution in [3.05, 3.63) is 12.7 Å². The molecule has 0 bridgehead atoms. The van der Waals surface area contributed by atoms with Gasteiger partial charge in [0.25, 0.3) is 0 Å². The molecule has 0 aromatic heterocycles. The summed E-state index contributed by atoms with van der Waals surface area (Å²) < 4.78 is 0. The summed E-state index contributed by atoms with van der Waals surface area (Å²) >= 11 is 1.82. The van der Waals surface area contributed by atoms with E-state index >= 15 is 0 Å². The molecule has 0 rings (SSSR count). The Morgan fingerprint density at radius 1 is 1.50 bits per heavy atom. The topological polar surface area (TPSA) is 41.1 Å². The van der Waals surface area contributed by atoms with Crippen LogP contribution in [-0.2, 0) is 4.79 Å². The minimum atomic E-state index is -0.0961. The van der Waals surface area contributed by atoms with Crippen LogP contribution in [-0.4, -0.2) is 36.5 Å². The number of carbonyl (C=O) groups is 1. The molecule has 0 aromatic rings. The van der Waals surface area contributed by atoms with E-state index in [2.05, 4.69) is 24.1 Å². The molecule has 0 aliphatic rings. The van der Waals surface area contributed by atoms with Crippen LogP contribution in [0.1, 0.15) is 26.7 Å². The lowest BCUT2D eigenvalue weighted by Gasteiger charge is -2.13. The summed E-state index contributed by atoms with van der Waals surface area (Å²) in [5.41, 5.74) is 0. The van der Waals surface area contributed by atoms with E-state index < -0.39 is 0 Å². The van der Waals surface area contributed by atoms with Crippen LogP contribution in [0.5, 0.6) is 0 Å². The van der Waals surface area contributed by atoms with E-state index in [0.29, 0.717) is 0 Å². The first kappa shape index (κ1) is 15.5. The van der Waals surface area contributed by atoms with E-state index in [1.54, 1.807) is 0 Å². The van der Waals surface area contributed by atoms with E-state index in [-0.39, 0.29) is 11.9 Å². The van der Waals surface area contributed by atoms with Crippen molar-refractivity contribution in [2.24, 2.45) is 0 Å². The molecule has 0 saturated heterocycles. The lowest BCUT2D eigenvalue weighted by Crippen LogP contribution is -2.43. The quantitative estimate of drug-likeness (QED) is 0.455. The zero-order chi connectivity index (χ0) is 12.2. The largest absolute Gasteiger partial charge is 0.355 e. The summed E-state index contributed by atoms with van der Waals surface area (Å²) in [5, 5.41) is 6.11. The third-order valence-electron chi connectivity index (χ3n) is 2.16.